The second kappa shape index (κ2) is 6.42. The summed E-state index contributed by atoms with van der Waals surface area (Å²) < 4.78 is 13.1. The van der Waals surface area contributed by atoms with E-state index in [4.69, 9.17) is 0 Å². The number of amides is 1. The second-order valence-electron chi connectivity index (χ2n) is 5.15. The normalized spacial score (nSPS) is 20.5. The summed E-state index contributed by atoms with van der Waals surface area (Å²) in [6, 6.07) is 13.2. The molecule has 1 amide bonds. The summed E-state index contributed by atoms with van der Waals surface area (Å²) in [6.07, 6.45) is 0. The Morgan fingerprint density at radius 1 is 1.09 bits per heavy atom. The third-order valence-corrected chi connectivity index (χ3v) is 5.01. The van der Waals surface area contributed by atoms with Crippen LogP contribution in [0.4, 0.5) is 4.39 Å². The van der Waals surface area contributed by atoms with Crippen LogP contribution in [0.15, 0.2) is 54.6 Å². The van der Waals surface area contributed by atoms with Crippen LogP contribution in [0.25, 0.3) is 0 Å². The fraction of sp³-hybridized carbons (Fsp3) is 0.176. The molecule has 1 aliphatic heterocycles. The molecule has 2 aromatic rings. The largest absolute Gasteiger partial charge is 0.548 e. The minimum absolute atomic E-state index is 0.239. The number of carbonyl (C=O) groups excluding carboxylic acids is 2. The topological polar surface area (TPSA) is 60.4 Å². The van der Waals surface area contributed by atoms with E-state index in [0.717, 1.165) is 0 Å². The third kappa shape index (κ3) is 3.07. The maximum Gasteiger partial charge on any atom is 0.255 e. The van der Waals surface area contributed by atoms with Crippen molar-refractivity contribution in [2.75, 3.05) is 5.75 Å². The molecule has 2 aromatic carbocycles. The number of carboxylic acids is 1. The van der Waals surface area contributed by atoms with Gasteiger partial charge in [0.15, 0.2) is 0 Å². The number of benzene rings is 2. The Morgan fingerprint density at radius 2 is 1.74 bits per heavy atom. The molecule has 0 radical (unpaired) electrons. The van der Waals surface area contributed by atoms with E-state index >= 15 is 0 Å². The lowest BCUT2D eigenvalue weighted by Crippen LogP contribution is -2.49. The molecular formula is C17H13FNO3S-. The van der Waals surface area contributed by atoms with Gasteiger partial charge in [-0.05, 0) is 29.8 Å². The van der Waals surface area contributed by atoms with E-state index in [1.165, 1.54) is 28.8 Å². The van der Waals surface area contributed by atoms with Gasteiger partial charge in [0.25, 0.3) is 5.91 Å². The first kappa shape index (κ1) is 15.6. The lowest BCUT2D eigenvalue weighted by atomic mass is 10.1. The summed E-state index contributed by atoms with van der Waals surface area (Å²) in [4.78, 5) is 25.5. The molecule has 4 nitrogen and oxygen atoms in total. The van der Waals surface area contributed by atoms with Crippen LogP contribution in [0.5, 0.6) is 0 Å². The predicted octanol–water partition coefficient (Wildman–Crippen LogP) is 1.83. The molecule has 1 aliphatic rings. The molecule has 0 N–H and O–H groups in total. The maximum absolute atomic E-state index is 13.1. The highest BCUT2D eigenvalue weighted by Crippen LogP contribution is 2.42. The number of thioether (sulfide) groups is 1. The zero-order chi connectivity index (χ0) is 16.4. The van der Waals surface area contributed by atoms with Crippen molar-refractivity contribution in [3.63, 3.8) is 0 Å². The van der Waals surface area contributed by atoms with Crippen molar-refractivity contribution in [1.29, 1.82) is 0 Å². The average molecular weight is 330 g/mol. The van der Waals surface area contributed by atoms with Gasteiger partial charge >= 0.3 is 0 Å². The second-order valence-corrected chi connectivity index (χ2v) is 6.26. The molecule has 0 aromatic heterocycles. The van der Waals surface area contributed by atoms with Crippen molar-refractivity contribution >= 4 is 23.6 Å². The fourth-order valence-electron chi connectivity index (χ4n) is 2.55. The summed E-state index contributed by atoms with van der Waals surface area (Å²) in [7, 11) is 0. The smallest absolute Gasteiger partial charge is 0.255 e. The van der Waals surface area contributed by atoms with Gasteiger partial charge in [0.05, 0.1) is 12.0 Å². The van der Waals surface area contributed by atoms with Gasteiger partial charge < -0.3 is 14.8 Å². The molecule has 2 atom stereocenters. The van der Waals surface area contributed by atoms with Crippen molar-refractivity contribution in [1.82, 2.24) is 4.90 Å². The summed E-state index contributed by atoms with van der Waals surface area (Å²) in [5, 5.41) is 10.9. The molecular weight excluding hydrogens is 317 g/mol. The summed E-state index contributed by atoms with van der Waals surface area (Å²) >= 11 is 1.33. The molecule has 3 rings (SSSR count). The van der Waals surface area contributed by atoms with Gasteiger partial charge in [-0.2, -0.15) is 0 Å². The SMILES string of the molecule is O=C([O-])[C@@H]1CS[C@H](c2ccc(F)cc2)N1C(=O)c1ccccc1. The first-order chi connectivity index (χ1) is 11.1. The molecule has 118 valence electrons. The first-order valence-corrected chi connectivity index (χ1v) is 8.08. The molecule has 23 heavy (non-hydrogen) atoms. The van der Waals surface area contributed by atoms with Gasteiger partial charge in [-0.15, -0.1) is 11.8 Å². The number of aliphatic carboxylic acids is 1. The molecule has 0 spiro atoms. The van der Waals surface area contributed by atoms with E-state index in [1.54, 1.807) is 42.5 Å². The van der Waals surface area contributed by atoms with Crippen LogP contribution in [0, 0.1) is 5.82 Å². The number of carboxylic acid groups (broad SMARTS) is 1. The number of hydrogen-bond acceptors (Lipinski definition) is 4. The zero-order valence-corrected chi connectivity index (χ0v) is 12.8. The van der Waals surface area contributed by atoms with Crippen molar-refractivity contribution in [3.05, 3.63) is 71.5 Å². The molecule has 0 unspecified atom stereocenters. The van der Waals surface area contributed by atoms with Crippen LogP contribution in [0.3, 0.4) is 0 Å². The minimum atomic E-state index is -1.29. The standard InChI is InChI=1S/C17H14FNO3S/c18-13-8-6-12(7-9-13)16-19(14(10-23-16)17(21)22)15(20)11-4-2-1-3-5-11/h1-9,14,16H,10H2,(H,21,22)/p-1/t14-,16+/m0/s1. The monoisotopic (exact) mass is 330 g/mol. The first-order valence-electron chi connectivity index (χ1n) is 7.03. The van der Waals surface area contributed by atoms with Gasteiger partial charge in [0, 0.05) is 11.3 Å². The van der Waals surface area contributed by atoms with Crippen molar-refractivity contribution in [3.8, 4) is 0 Å². The fourth-order valence-corrected chi connectivity index (χ4v) is 3.96. The quantitative estimate of drug-likeness (QED) is 0.861. The average Bonchev–Trinajstić information content (AvgIpc) is 3.01. The van der Waals surface area contributed by atoms with E-state index < -0.39 is 17.4 Å². The Labute approximate surface area is 136 Å². The predicted molar refractivity (Wildman–Crippen MR) is 83.0 cm³/mol. The Kier molecular flexibility index (Phi) is 4.34. The highest BCUT2D eigenvalue weighted by Gasteiger charge is 2.39. The third-order valence-electron chi connectivity index (χ3n) is 3.68. The Morgan fingerprint density at radius 3 is 2.35 bits per heavy atom. The summed E-state index contributed by atoms with van der Waals surface area (Å²) in [5.41, 5.74) is 1.10. The van der Waals surface area contributed by atoms with Crippen LogP contribution in [-0.2, 0) is 4.79 Å². The molecule has 1 saturated heterocycles. The summed E-state index contributed by atoms with van der Waals surface area (Å²) in [6.45, 7) is 0. The molecule has 0 saturated carbocycles. The lowest BCUT2D eigenvalue weighted by Gasteiger charge is -2.30. The molecule has 6 heteroatoms. The highest BCUT2D eigenvalue weighted by atomic mass is 32.2. The van der Waals surface area contributed by atoms with E-state index in [9.17, 15) is 19.1 Å². The van der Waals surface area contributed by atoms with E-state index in [2.05, 4.69) is 0 Å². The number of carbonyl (C=O) groups is 2. The molecule has 1 fully saturated rings. The Hall–Kier alpha value is -2.34. The van der Waals surface area contributed by atoms with Crippen LogP contribution in [0.2, 0.25) is 0 Å². The minimum Gasteiger partial charge on any atom is -0.548 e. The lowest BCUT2D eigenvalue weighted by molar-refractivity contribution is -0.310. The van der Waals surface area contributed by atoms with Crippen molar-refractivity contribution in [2.45, 2.75) is 11.4 Å². The maximum atomic E-state index is 13.1. The molecule has 0 bridgehead atoms. The van der Waals surface area contributed by atoms with Crippen LogP contribution >= 0.6 is 11.8 Å². The van der Waals surface area contributed by atoms with E-state index in [1.807, 2.05) is 0 Å². The number of nitrogens with zero attached hydrogens (tertiary/aromatic N) is 1. The van der Waals surface area contributed by atoms with Crippen LogP contribution in [0.1, 0.15) is 21.3 Å². The summed E-state index contributed by atoms with van der Waals surface area (Å²) in [5.74, 6) is -1.80. The zero-order valence-electron chi connectivity index (χ0n) is 12.0. The van der Waals surface area contributed by atoms with Crippen molar-refractivity contribution in [2.24, 2.45) is 0 Å². The molecule has 0 aliphatic carbocycles. The van der Waals surface area contributed by atoms with Crippen LogP contribution < -0.4 is 5.11 Å². The van der Waals surface area contributed by atoms with Gasteiger partial charge in [-0.25, -0.2) is 4.39 Å². The molecule has 1 heterocycles. The van der Waals surface area contributed by atoms with Crippen LogP contribution in [-0.4, -0.2) is 28.6 Å². The number of rotatable bonds is 3. The number of hydrogen-bond donors (Lipinski definition) is 0. The van der Waals surface area contributed by atoms with Gasteiger partial charge in [-0.3, -0.25) is 4.79 Å². The van der Waals surface area contributed by atoms with Gasteiger partial charge in [0.2, 0.25) is 0 Å². The van der Waals surface area contributed by atoms with Crippen molar-refractivity contribution < 1.29 is 19.1 Å². The highest BCUT2D eigenvalue weighted by molar-refractivity contribution is 7.99. The van der Waals surface area contributed by atoms with Gasteiger partial charge in [-0.1, -0.05) is 30.3 Å². The number of halogens is 1. The van der Waals surface area contributed by atoms with E-state index in [0.29, 0.717) is 11.1 Å². The van der Waals surface area contributed by atoms with E-state index in [-0.39, 0.29) is 17.5 Å². The Balaban J connectivity index is 1.97. The Bertz CT molecular complexity index is 720. The van der Waals surface area contributed by atoms with Gasteiger partial charge in [0.1, 0.15) is 11.2 Å².